The fraction of sp³-hybridized carbons (Fsp3) is 0.615. The first kappa shape index (κ1) is 11.1. The van der Waals surface area contributed by atoms with Crippen molar-refractivity contribution in [1.82, 2.24) is 0 Å². The molecule has 0 amide bonds. The number of hydrogen-bond donors (Lipinski definition) is 0. The van der Waals surface area contributed by atoms with E-state index in [0.717, 1.165) is 0 Å². The van der Waals surface area contributed by atoms with Crippen LogP contribution in [0.5, 0.6) is 0 Å². The van der Waals surface area contributed by atoms with Crippen LogP contribution in [0.1, 0.15) is 42.9 Å². The first-order valence-electron chi connectivity index (χ1n) is 5.80. The summed E-state index contributed by atoms with van der Waals surface area (Å²) in [5, 5.41) is 0. The molecule has 15 heavy (non-hydrogen) atoms. The Morgan fingerprint density at radius 3 is 2.33 bits per heavy atom. The molecule has 0 aliphatic heterocycles. The molecule has 0 saturated heterocycles. The van der Waals surface area contributed by atoms with Gasteiger partial charge in [-0.25, -0.2) is 4.57 Å². The van der Waals surface area contributed by atoms with E-state index in [1.165, 1.54) is 36.8 Å². The Kier molecular flexibility index (Phi) is 3.45. The number of aryl methyl sites for hydroxylation is 2. The zero-order valence-corrected chi connectivity index (χ0v) is 11.1. The first-order chi connectivity index (χ1) is 7.16. The predicted octanol–water partition coefficient (Wildman–Crippen LogP) is 3.47. The summed E-state index contributed by atoms with van der Waals surface area (Å²) >= 11 is 3.82. The fourth-order valence-electron chi connectivity index (χ4n) is 2.53. The SMILES string of the molecule is Cc1cc(C)c[n+](C2CCCCC2Br)c1. The van der Waals surface area contributed by atoms with E-state index < -0.39 is 0 Å². The van der Waals surface area contributed by atoms with E-state index in [1.807, 2.05) is 0 Å². The van der Waals surface area contributed by atoms with Crippen molar-refractivity contribution in [2.24, 2.45) is 0 Å². The third-order valence-corrected chi connectivity index (χ3v) is 4.26. The molecule has 1 fully saturated rings. The van der Waals surface area contributed by atoms with Crippen LogP contribution in [0.25, 0.3) is 0 Å². The quantitative estimate of drug-likeness (QED) is 0.543. The summed E-state index contributed by atoms with van der Waals surface area (Å²) < 4.78 is 2.41. The van der Waals surface area contributed by atoms with Crippen molar-refractivity contribution in [3.63, 3.8) is 0 Å². The maximum absolute atomic E-state index is 3.82. The average Bonchev–Trinajstić information content (AvgIpc) is 2.16. The second-order valence-electron chi connectivity index (χ2n) is 4.71. The van der Waals surface area contributed by atoms with Gasteiger partial charge in [-0.05, 0) is 32.8 Å². The summed E-state index contributed by atoms with van der Waals surface area (Å²) in [5.41, 5.74) is 2.72. The fourth-order valence-corrected chi connectivity index (χ4v) is 3.40. The minimum atomic E-state index is 0.650. The standard InChI is InChI=1S/C13H19BrN/c1-10-7-11(2)9-15(8-10)13-6-4-3-5-12(13)14/h7-9,12-13H,3-6H2,1-2H3/q+1. The average molecular weight is 269 g/mol. The molecule has 2 unspecified atom stereocenters. The Labute approximate surface area is 101 Å². The van der Waals surface area contributed by atoms with Gasteiger partial charge in [-0.2, -0.15) is 0 Å². The summed E-state index contributed by atoms with van der Waals surface area (Å²) in [6.07, 6.45) is 9.91. The molecule has 2 rings (SSSR count). The summed E-state index contributed by atoms with van der Waals surface area (Å²) in [4.78, 5) is 0.650. The summed E-state index contributed by atoms with van der Waals surface area (Å²) in [7, 11) is 0. The maximum atomic E-state index is 3.82. The number of aromatic nitrogens is 1. The molecule has 0 spiro atoms. The molecule has 2 heteroatoms. The van der Waals surface area contributed by atoms with Crippen LogP contribution in [-0.4, -0.2) is 4.83 Å². The molecule has 1 aliphatic carbocycles. The Morgan fingerprint density at radius 2 is 1.73 bits per heavy atom. The molecule has 1 saturated carbocycles. The normalized spacial score (nSPS) is 26.6. The molecule has 0 aromatic carbocycles. The van der Waals surface area contributed by atoms with Crippen LogP contribution < -0.4 is 4.57 Å². The second-order valence-corrected chi connectivity index (χ2v) is 5.88. The second kappa shape index (κ2) is 4.65. The van der Waals surface area contributed by atoms with Gasteiger partial charge < -0.3 is 0 Å². The highest BCUT2D eigenvalue weighted by molar-refractivity contribution is 9.09. The highest BCUT2D eigenvalue weighted by Crippen LogP contribution is 2.30. The largest absolute Gasteiger partial charge is 0.201 e. The molecular formula is C13H19BrN+. The smallest absolute Gasteiger partial charge is 0.172 e. The van der Waals surface area contributed by atoms with Gasteiger partial charge in [-0.1, -0.05) is 22.4 Å². The monoisotopic (exact) mass is 268 g/mol. The Hall–Kier alpha value is -0.370. The van der Waals surface area contributed by atoms with Gasteiger partial charge >= 0.3 is 0 Å². The third-order valence-electron chi connectivity index (χ3n) is 3.19. The molecule has 1 nitrogen and oxygen atoms in total. The third kappa shape index (κ3) is 2.60. The van der Waals surface area contributed by atoms with Crippen LogP contribution in [0.4, 0.5) is 0 Å². The van der Waals surface area contributed by atoms with Crippen molar-refractivity contribution in [2.75, 3.05) is 0 Å². The van der Waals surface area contributed by atoms with Crippen LogP contribution in [0, 0.1) is 13.8 Å². The topological polar surface area (TPSA) is 3.88 Å². The van der Waals surface area contributed by atoms with E-state index in [9.17, 15) is 0 Å². The molecule has 0 bridgehead atoms. The van der Waals surface area contributed by atoms with Crippen LogP contribution >= 0.6 is 15.9 Å². The van der Waals surface area contributed by atoms with Gasteiger partial charge in [-0.15, -0.1) is 0 Å². The number of nitrogens with zero attached hydrogens (tertiary/aromatic N) is 1. The van der Waals surface area contributed by atoms with E-state index in [1.54, 1.807) is 0 Å². The minimum absolute atomic E-state index is 0.650. The number of hydrogen-bond acceptors (Lipinski definition) is 0. The van der Waals surface area contributed by atoms with Crippen LogP contribution in [0.3, 0.4) is 0 Å². The molecule has 1 aliphatic rings. The van der Waals surface area contributed by atoms with Gasteiger partial charge in [0.15, 0.2) is 18.4 Å². The molecule has 0 radical (unpaired) electrons. The minimum Gasteiger partial charge on any atom is -0.201 e. The van der Waals surface area contributed by atoms with Crippen molar-refractivity contribution in [3.8, 4) is 0 Å². The van der Waals surface area contributed by atoms with Crippen molar-refractivity contribution in [2.45, 2.75) is 50.4 Å². The molecule has 2 atom stereocenters. The van der Waals surface area contributed by atoms with Gasteiger partial charge in [0, 0.05) is 17.5 Å². The molecule has 0 N–H and O–H groups in total. The number of halogens is 1. The number of alkyl halides is 1. The number of pyridine rings is 1. The van der Waals surface area contributed by atoms with Crippen LogP contribution in [0.2, 0.25) is 0 Å². The zero-order chi connectivity index (χ0) is 10.8. The first-order valence-corrected chi connectivity index (χ1v) is 6.71. The van der Waals surface area contributed by atoms with Crippen molar-refractivity contribution < 1.29 is 4.57 Å². The van der Waals surface area contributed by atoms with E-state index in [2.05, 4.69) is 52.8 Å². The van der Waals surface area contributed by atoms with E-state index >= 15 is 0 Å². The maximum Gasteiger partial charge on any atom is 0.172 e. The van der Waals surface area contributed by atoms with Gasteiger partial charge in [0.1, 0.15) is 0 Å². The predicted molar refractivity (Wildman–Crippen MR) is 66.3 cm³/mol. The van der Waals surface area contributed by atoms with Gasteiger partial charge in [-0.3, -0.25) is 0 Å². The number of rotatable bonds is 1. The van der Waals surface area contributed by atoms with E-state index in [0.29, 0.717) is 10.9 Å². The Bertz CT molecular complexity index is 328. The van der Waals surface area contributed by atoms with E-state index in [-0.39, 0.29) is 0 Å². The molecule has 1 aromatic heterocycles. The van der Waals surface area contributed by atoms with E-state index in [4.69, 9.17) is 0 Å². The molecule has 1 aromatic rings. The van der Waals surface area contributed by atoms with Crippen LogP contribution in [-0.2, 0) is 0 Å². The van der Waals surface area contributed by atoms with Crippen molar-refractivity contribution >= 4 is 15.9 Å². The highest BCUT2D eigenvalue weighted by atomic mass is 79.9. The molecular weight excluding hydrogens is 250 g/mol. The Morgan fingerprint density at radius 1 is 1.13 bits per heavy atom. The highest BCUT2D eigenvalue weighted by Gasteiger charge is 2.30. The van der Waals surface area contributed by atoms with Crippen LogP contribution in [0.15, 0.2) is 18.5 Å². The van der Waals surface area contributed by atoms with Gasteiger partial charge in [0.2, 0.25) is 0 Å². The van der Waals surface area contributed by atoms with Crippen molar-refractivity contribution in [1.29, 1.82) is 0 Å². The van der Waals surface area contributed by atoms with Gasteiger partial charge in [0.05, 0.1) is 4.83 Å². The van der Waals surface area contributed by atoms with Crippen molar-refractivity contribution in [3.05, 3.63) is 29.6 Å². The molecule has 1 heterocycles. The Balaban J connectivity index is 2.27. The summed E-state index contributed by atoms with van der Waals surface area (Å²) in [6, 6.07) is 2.89. The summed E-state index contributed by atoms with van der Waals surface area (Å²) in [5.74, 6) is 0. The zero-order valence-electron chi connectivity index (χ0n) is 9.54. The lowest BCUT2D eigenvalue weighted by atomic mass is 9.95. The summed E-state index contributed by atoms with van der Waals surface area (Å²) in [6.45, 7) is 4.35. The lowest BCUT2D eigenvalue weighted by molar-refractivity contribution is -0.724. The lowest BCUT2D eigenvalue weighted by Crippen LogP contribution is -2.45. The van der Waals surface area contributed by atoms with Gasteiger partial charge in [0.25, 0.3) is 0 Å². The lowest BCUT2D eigenvalue weighted by Gasteiger charge is -2.23. The molecule has 82 valence electrons.